The molecule has 4 nitrogen and oxygen atoms in total. The molecule has 0 saturated heterocycles. The minimum Gasteiger partial charge on any atom is -0.430 e. The van der Waals surface area contributed by atoms with Crippen molar-refractivity contribution >= 4 is 17.3 Å². The molecule has 1 unspecified atom stereocenters. The van der Waals surface area contributed by atoms with Crippen LogP contribution in [-0.4, -0.2) is 25.5 Å². The summed E-state index contributed by atoms with van der Waals surface area (Å²) in [5, 5.41) is 0. The molecule has 0 N–H and O–H groups in total. The fraction of sp³-hybridized carbons (Fsp3) is 0.630. The first-order valence-corrected chi connectivity index (χ1v) is 11.8. The first-order valence-electron chi connectivity index (χ1n) is 11.8. The van der Waals surface area contributed by atoms with E-state index in [1.807, 2.05) is 13.8 Å². The topological polar surface area (TPSA) is 52.6 Å². The second kappa shape index (κ2) is 8.20. The summed E-state index contributed by atoms with van der Waals surface area (Å²) in [6.45, 7) is 10.7. The highest BCUT2D eigenvalue weighted by Gasteiger charge is 2.62. The van der Waals surface area contributed by atoms with Crippen LogP contribution in [0, 0.1) is 49.9 Å². The maximum absolute atomic E-state index is 14.0. The van der Waals surface area contributed by atoms with Crippen LogP contribution in [0.2, 0.25) is 0 Å². The molecule has 1 aromatic carbocycles. The summed E-state index contributed by atoms with van der Waals surface area (Å²) < 4.78 is 11.9. The minimum absolute atomic E-state index is 0.0597. The zero-order valence-corrected chi connectivity index (χ0v) is 19.8. The molecule has 4 heteroatoms. The Morgan fingerprint density at radius 3 is 2.32 bits per heavy atom. The van der Waals surface area contributed by atoms with Gasteiger partial charge >= 0.3 is 5.97 Å². The Morgan fingerprint density at radius 1 is 1.16 bits per heavy atom. The first kappa shape index (κ1) is 22.3. The van der Waals surface area contributed by atoms with E-state index in [2.05, 4.69) is 32.9 Å². The maximum atomic E-state index is 14.0. The van der Waals surface area contributed by atoms with Crippen molar-refractivity contribution in [3.63, 3.8) is 0 Å². The number of carbonyl (C=O) groups is 2. The zero-order chi connectivity index (χ0) is 22.5. The largest absolute Gasteiger partial charge is 0.430 e. The van der Waals surface area contributed by atoms with Gasteiger partial charge < -0.3 is 9.47 Å². The van der Waals surface area contributed by atoms with Gasteiger partial charge in [-0.15, -0.1) is 0 Å². The number of esters is 1. The number of benzene rings is 1. The summed E-state index contributed by atoms with van der Waals surface area (Å²) >= 11 is 0. The van der Waals surface area contributed by atoms with Crippen LogP contribution in [0.5, 0.6) is 0 Å². The lowest BCUT2D eigenvalue weighted by molar-refractivity contribution is -0.151. The van der Waals surface area contributed by atoms with E-state index in [-0.39, 0.29) is 34.9 Å². The molecule has 3 fully saturated rings. The van der Waals surface area contributed by atoms with E-state index in [0.29, 0.717) is 23.9 Å². The third kappa shape index (κ3) is 3.47. The fourth-order valence-corrected chi connectivity index (χ4v) is 6.62. The quantitative estimate of drug-likeness (QED) is 0.561. The Morgan fingerprint density at radius 2 is 1.77 bits per heavy atom. The molecule has 2 bridgehead atoms. The Balaban J connectivity index is 1.92. The average Bonchev–Trinajstić information content (AvgIpc) is 3.02. The van der Waals surface area contributed by atoms with E-state index in [1.165, 1.54) is 5.56 Å². The summed E-state index contributed by atoms with van der Waals surface area (Å²) in [4.78, 5) is 27.0. The van der Waals surface area contributed by atoms with Gasteiger partial charge in [0.05, 0.1) is 18.1 Å². The molecule has 31 heavy (non-hydrogen) atoms. The Hall–Kier alpha value is -1.94. The SMILES string of the molecule is CCC(C)C(=O)OC1=C(c2c(C)cc(C)cc2C)C(=O)[C@H]2C3CCC(COC)(CC3)[C@@H]12. The molecule has 4 aliphatic rings. The van der Waals surface area contributed by atoms with Crippen molar-refractivity contribution in [1.29, 1.82) is 0 Å². The highest BCUT2D eigenvalue weighted by atomic mass is 16.5. The van der Waals surface area contributed by atoms with Crippen molar-refractivity contribution in [2.45, 2.75) is 66.7 Å². The molecular formula is C27H36O4. The molecule has 1 aromatic rings. The Bertz CT molecular complexity index is 904. The number of carbonyl (C=O) groups excluding carboxylic acids is 2. The van der Waals surface area contributed by atoms with E-state index >= 15 is 0 Å². The molecule has 0 heterocycles. The summed E-state index contributed by atoms with van der Waals surface area (Å²) in [7, 11) is 1.74. The monoisotopic (exact) mass is 424 g/mol. The number of aryl methyl sites for hydroxylation is 3. The molecule has 168 valence electrons. The first-order chi connectivity index (χ1) is 14.7. The number of hydrogen-bond donors (Lipinski definition) is 0. The van der Waals surface area contributed by atoms with Gasteiger partial charge in [0, 0.05) is 24.4 Å². The van der Waals surface area contributed by atoms with Gasteiger partial charge in [-0.3, -0.25) is 9.59 Å². The van der Waals surface area contributed by atoms with E-state index in [9.17, 15) is 9.59 Å². The second-order valence-corrected chi connectivity index (χ2v) is 10.2. The summed E-state index contributed by atoms with van der Waals surface area (Å²) in [6.07, 6.45) is 4.90. The molecule has 3 saturated carbocycles. The molecule has 4 aliphatic carbocycles. The molecule has 0 aromatic heterocycles. The Kier molecular flexibility index (Phi) is 5.89. The number of rotatable bonds is 6. The van der Waals surface area contributed by atoms with E-state index in [4.69, 9.17) is 9.47 Å². The summed E-state index contributed by atoms with van der Waals surface area (Å²) in [6, 6.07) is 4.25. The number of Topliss-reactive ketones (excluding diaryl/α,β-unsaturated/α-hetero) is 1. The number of fused-ring (bicyclic) bond motifs is 2. The van der Waals surface area contributed by atoms with E-state index in [0.717, 1.165) is 48.8 Å². The zero-order valence-electron chi connectivity index (χ0n) is 19.8. The van der Waals surface area contributed by atoms with Crippen LogP contribution in [0.1, 0.15) is 68.2 Å². The predicted molar refractivity (Wildman–Crippen MR) is 121 cm³/mol. The molecular weight excluding hydrogens is 388 g/mol. The highest BCUT2D eigenvalue weighted by Crippen LogP contribution is 2.64. The van der Waals surface area contributed by atoms with Crippen LogP contribution in [-0.2, 0) is 19.1 Å². The minimum atomic E-state index is -0.222. The normalized spacial score (nSPS) is 30.5. The number of methoxy groups -OCH3 is 1. The second-order valence-electron chi connectivity index (χ2n) is 10.2. The molecule has 5 rings (SSSR count). The van der Waals surface area contributed by atoms with Crippen molar-refractivity contribution in [2.75, 3.05) is 13.7 Å². The van der Waals surface area contributed by atoms with Crippen LogP contribution < -0.4 is 0 Å². The lowest BCUT2D eigenvalue weighted by Gasteiger charge is -2.53. The smallest absolute Gasteiger partial charge is 0.313 e. The van der Waals surface area contributed by atoms with Crippen molar-refractivity contribution in [3.8, 4) is 0 Å². The third-order valence-corrected chi connectivity index (χ3v) is 8.21. The van der Waals surface area contributed by atoms with Gasteiger partial charge in [-0.25, -0.2) is 0 Å². The number of ketones is 1. The summed E-state index contributed by atoms with van der Waals surface area (Å²) in [5.74, 6) is 0.621. The van der Waals surface area contributed by atoms with Crippen LogP contribution >= 0.6 is 0 Å². The van der Waals surface area contributed by atoms with Crippen LogP contribution in [0.25, 0.3) is 5.57 Å². The van der Waals surface area contributed by atoms with Crippen molar-refractivity contribution in [2.24, 2.45) is 29.1 Å². The van der Waals surface area contributed by atoms with Crippen molar-refractivity contribution in [3.05, 3.63) is 40.1 Å². The standard InChI is InChI=1S/C27H36O4/c1-7-16(3)26(29)31-25-22(20-17(4)12-15(2)13-18(20)5)24(28)21-19-8-10-27(11-9-19,14-30-6)23(21)25/h12-13,16,19,21,23H,7-11,14H2,1-6H3/t16?,19?,21-,23+,27?/m0/s1. The number of allylic oxidation sites excluding steroid dienone is 2. The fourth-order valence-electron chi connectivity index (χ4n) is 6.62. The lowest BCUT2D eigenvalue weighted by atomic mass is 9.51. The maximum Gasteiger partial charge on any atom is 0.313 e. The Labute approximate surface area is 186 Å². The number of ether oxygens (including phenoxy) is 2. The number of hydrogen-bond acceptors (Lipinski definition) is 4. The highest BCUT2D eigenvalue weighted by molar-refractivity contribution is 6.26. The van der Waals surface area contributed by atoms with Crippen LogP contribution in [0.4, 0.5) is 0 Å². The van der Waals surface area contributed by atoms with Gasteiger partial charge in [0.1, 0.15) is 5.76 Å². The summed E-state index contributed by atoms with van der Waals surface area (Å²) in [5.41, 5.74) is 4.83. The van der Waals surface area contributed by atoms with E-state index < -0.39 is 0 Å². The lowest BCUT2D eigenvalue weighted by Crippen LogP contribution is -2.51. The van der Waals surface area contributed by atoms with Gasteiger partial charge in [-0.2, -0.15) is 0 Å². The van der Waals surface area contributed by atoms with Gasteiger partial charge in [-0.1, -0.05) is 31.5 Å². The van der Waals surface area contributed by atoms with Crippen molar-refractivity contribution < 1.29 is 19.1 Å². The van der Waals surface area contributed by atoms with Gasteiger partial charge in [-0.05, 0) is 75.5 Å². The van der Waals surface area contributed by atoms with E-state index in [1.54, 1.807) is 7.11 Å². The van der Waals surface area contributed by atoms with Crippen LogP contribution in [0.3, 0.4) is 0 Å². The average molecular weight is 425 g/mol. The molecule has 3 atom stereocenters. The van der Waals surface area contributed by atoms with Crippen LogP contribution in [0.15, 0.2) is 17.9 Å². The predicted octanol–water partition coefficient (Wildman–Crippen LogP) is 5.56. The van der Waals surface area contributed by atoms with Gasteiger partial charge in [0.15, 0.2) is 5.78 Å². The molecule has 0 radical (unpaired) electrons. The third-order valence-electron chi connectivity index (χ3n) is 8.21. The van der Waals surface area contributed by atoms with Crippen molar-refractivity contribution in [1.82, 2.24) is 0 Å². The molecule has 0 spiro atoms. The van der Waals surface area contributed by atoms with Gasteiger partial charge in [0.2, 0.25) is 0 Å². The molecule has 0 aliphatic heterocycles. The molecule has 0 amide bonds. The van der Waals surface area contributed by atoms with Gasteiger partial charge in [0.25, 0.3) is 0 Å².